The Morgan fingerprint density at radius 1 is 1.09 bits per heavy atom. The monoisotopic (exact) mass is 304 g/mol. The second-order valence-corrected chi connectivity index (χ2v) is 5.28. The maximum atomic E-state index is 12.8. The van der Waals surface area contributed by atoms with Crippen LogP contribution in [0.4, 0.5) is 0 Å². The Morgan fingerprint density at radius 3 is 2.65 bits per heavy atom. The van der Waals surface area contributed by atoms with E-state index >= 15 is 0 Å². The predicted molar refractivity (Wildman–Crippen MR) is 87.6 cm³/mol. The molecule has 0 radical (unpaired) electrons. The summed E-state index contributed by atoms with van der Waals surface area (Å²) in [6, 6.07) is 19.3. The summed E-state index contributed by atoms with van der Waals surface area (Å²) in [5.41, 5.74) is 0.619. The molecule has 0 N–H and O–H groups in total. The van der Waals surface area contributed by atoms with Crippen LogP contribution in [0.25, 0.3) is 10.8 Å². The topological polar surface area (TPSA) is 57.2 Å². The van der Waals surface area contributed by atoms with Gasteiger partial charge in [0.25, 0.3) is 5.91 Å². The van der Waals surface area contributed by atoms with Crippen molar-refractivity contribution in [2.75, 3.05) is 6.54 Å². The summed E-state index contributed by atoms with van der Waals surface area (Å²) < 4.78 is 5.32. The van der Waals surface area contributed by atoms with Crippen molar-refractivity contribution >= 4 is 16.7 Å². The first-order valence-electron chi connectivity index (χ1n) is 7.45. The van der Waals surface area contributed by atoms with E-state index in [1.54, 1.807) is 17.2 Å². The van der Waals surface area contributed by atoms with Crippen molar-refractivity contribution in [2.45, 2.75) is 13.0 Å². The maximum Gasteiger partial charge on any atom is 0.254 e. The molecule has 1 aromatic heterocycles. The lowest BCUT2D eigenvalue weighted by Crippen LogP contribution is -2.31. The standard InChI is InChI=1S/C19H16N2O2/c20-10-4-11-21(14-18-7-3-12-23-18)19(22)17-9-8-15-5-1-2-6-16(15)13-17/h1-3,5-9,12-13H,4,11,14H2. The highest BCUT2D eigenvalue weighted by molar-refractivity contribution is 5.98. The van der Waals surface area contributed by atoms with Gasteiger partial charge in [-0.15, -0.1) is 0 Å². The van der Waals surface area contributed by atoms with Crippen molar-refractivity contribution < 1.29 is 9.21 Å². The summed E-state index contributed by atoms with van der Waals surface area (Å²) in [7, 11) is 0. The van der Waals surface area contributed by atoms with Gasteiger partial charge in [-0.3, -0.25) is 4.79 Å². The van der Waals surface area contributed by atoms with Gasteiger partial charge in [0.15, 0.2) is 0 Å². The van der Waals surface area contributed by atoms with Gasteiger partial charge in [0, 0.05) is 12.1 Å². The fourth-order valence-corrected chi connectivity index (χ4v) is 2.53. The predicted octanol–water partition coefficient (Wildman–Crippen LogP) is 3.99. The van der Waals surface area contributed by atoms with Crippen LogP contribution in [0.15, 0.2) is 65.3 Å². The molecule has 0 aliphatic rings. The number of benzene rings is 2. The average Bonchev–Trinajstić information content (AvgIpc) is 3.10. The van der Waals surface area contributed by atoms with E-state index in [4.69, 9.17) is 9.68 Å². The van der Waals surface area contributed by atoms with Crippen molar-refractivity contribution in [3.05, 3.63) is 72.2 Å². The first-order chi connectivity index (χ1) is 11.3. The van der Waals surface area contributed by atoms with Gasteiger partial charge in [0.05, 0.1) is 25.3 Å². The second kappa shape index (κ2) is 6.80. The Kier molecular flexibility index (Phi) is 4.39. The molecule has 4 nitrogen and oxygen atoms in total. The Labute approximate surface area is 134 Å². The summed E-state index contributed by atoms with van der Waals surface area (Å²) >= 11 is 0. The third-order valence-electron chi connectivity index (χ3n) is 3.70. The van der Waals surface area contributed by atoms with Crippen molar-refractivity contribution in [3.8, 4) is 6.07 Å². The van der Waals surface area contributed by atoms with Gasteiger partial charge in [-0.1, -0.05) is 30.3 Å². The van der Waals surface area contributed by atoms with Crippen LogP contribution in [0, 0.1) is 11.3 Å². The minimum Gasteiger partial charge on any atom is -0.467 e. The smallest absolute Gasteiger partial charge is 0.254 e. The molecular formula is C19H16N2O2. The normalized spacial score (nSPS) is 10.4. The maximum absolute atomic E-state index is 12.8. The Hall–Kier alpha value is -3.06. The van der Waals surface area contributed by atoms with E-state index in [2.05, 4.69) is 6.07 Å². The number of nitrogens with zero attached hydrogens (tertiary/aromatic N) is 2. The van der Waals surface area contributed by atoms with Crippen LogP contribution in [0.3, 0.4) is 0 Å². The van der Waals surface area contributed by atoms with Crippen molar-refractivity contribution in [1.29, 1.82) is 5.26 Å². The van der Waals surface area contributed by atoms with Gasteiger partial charge in [-0.25, -0.2) is 0 Å². The van der Waals surface area contributed by atoms with Crippen LogP contribution in [0.2, 0.25) is 0 Å². The molecule has 4 heteroatoms. The summed E-state index contributed by atoms with van der Waals surface area (Å²) in [6.45, 7) is 0.739. The van der Waals surface area contributed by atoms with Crippen LogP contribution in [-0.2, 0) is 6.54 Å². The molecule has 1 amide bonds. The molecular weight excluding hydrogens is 288 g/mol. The fourth-order valence-electron chi connectivity index (χ4n) is 2.53. The van der Waals surface area contributed by atoms with E-state index in [-0.39, 0.29) is 5.91 Å². The zero-order valence-electron chi connectivity index (χ0n) is 12.6. The second-order valence-electron chi connectivity index (χ2n) is 5.28. The van der Waals surface area contributed by atoms with Gasteiger partial charge >= 0.3 is 0 Å². The number of fused-ring (bicyclic) bond motifs is 1. The van der Waals surface area contributed by atoms with E-state index in [9.17, 15) is 4.79 Å². The molecule has 3 aromatic rings. The molecule has 114 valence electrons. The van der Waals surface area contributed by atoms with Gasteiger partial charge in [0.2, 0.25) is 0 Å². The van der Waals surface area contributed by atoms with Gasteiger partial charge in [-0.05, 0) is 35.0 Å². The number of amides is 1. The summed E-state index contributed by atoms with van der Waals surface area (Å²) in [4.78, 5) is 14.4. The minimum atomic E-state index is -0.0950. The highest BCUT2D eigenvalue weighted by Crippen LogP contribution is 2.18. The van der Waals surface area contributed by atoms with Crippen LogP contribution in [0.1, 0.15) is 22.5 Å². The van der Waals surface area contributed by atoms with Crippen LogP contribution < -0.4 is 0 Å². The third-order valence-corrected chi connectivity index (χ3v) is 3.70. The molecule has 0 aliphatic heterocycles. The van der Waals surface area contributed by atoms with Gasteiger partial charge in [0.1, 0.15) is 5.76 Å². The quantitative estimate of drug-likeness (QED) is 0.716. The van der Waals surface area contributed by atoms with E-state index in [1.165, 1.54) is 0 Å². The molecule has 0 atom stereocenters. The van der Waals surface area contributed by atoms with E-state index in [0.717, 1.165) is 10.8 Å². The number of furan rings is 1. The lowest BCUT2D eigenvalue weighted by molar-refractivity contribution is 0.0735. The lowest BCUT2D eigenvalue weighted by Gasteiger charge is -2.20. The van der Waals surface area contributed by atoms with Gasteiger partial charge < -0.3 is 9.32 Å². The fraction of sp³-hybridized carbons (Fsp3) is 0.158. The SMILES string of the molecule is N#CCCN(Cc1ccco1)C(=O)c1ccc2ccccc2c1. The molecule has 0 saturated heterocycles. The van der Waals surface area contributed by atoms with Gasteiger partial charge in [-0.2, -0.15) is 5.26 Å². The number of rotatable bonds is 5. The molecule has 2 aromatic carbocycles. The molecule has 0 bridgehead atoms. The van der Waals surface area contributed by atoms with E-state index in [1.807, 2.05) is 48.5 Å². The zero-order chi connectivity index (χ0) is 16.1. The van der Waals surface area contributed by atoms with Crippen LogP contribution in [-0.4, -0.2) is 17.4 Å². The number of nitriles is 1. The number of carbonyl (C=O) groups is 1. The summed E-state index contributed by atoms with van der Waals surface area (Å²) in [5.74, 6) is 0.611. The average molecular weight is 304 g/mol. The Bertz CT molecular complexity index is 847. The summed E-state index contributed by atoms with van der Waals surface area (Å²) in [6.07, 6.45) is 1.87. The number of hydrogen-bond donors (Lipinski definition) is 0. The van der Waals surface area contributed by atoms with Crippen LogP contribution in [0.5, 0.6) is 0 Å². The van der Waals surface area contributed by atoms with Crippen molar-refractivity contribution in [1.82, 2.24) is 4.90 Å². The number of carbonyl (C=O) groups excluding carboxylic acids is 1. The van der Waals surface area contributed by atoms with Crippen molar-refractivity contribution in [2.24, 2.45) is 0 Å². The molecule has 23 heavy (non-hydrogen) atoms. The summed E-state index contributed by atoms with van der Waals surface area (Å²) in [5, 5.41) is 10.9. The first-order valence-corrected chi connectivity index (χ1v) is 7.45. The molecule has 0 spiro atoms. The first kappa shape index (κ1) is 14.9. The number of hydrogen-bond acceptors (Lipinski definition) is 3. The molecule has 0 fully saturated rings. The molecule has 3 rings (SSSR count). The minimum absolute atomic E-state index is 0.0950. The van der Waals surface area contributed by atoms with Crippen LogP contribution >= 0.6 is 0 Å². The Balaban J connectivity index is 1.87. The molecule has 0 aliphatic carbocycles. The third kappa shape index (κ3) is 3.41. The van der Waals surface area contributed by atoms with E-state index < -0.39 is 0 Å². The zero-order valence-corrected chi connectivity index (χ0v) is 12.6. The molecule has 0 unspecified atom stereocenters. The Morgan fingerprint density at radius 2 is 1.91 bits per heavy atom. The lowest BCUT2D eigenvalue weighted by atomic mass is 10.1. The largest absolute Gasteiger partial charge is 0.467 e. The van der Waals surface area contributed by atoms with E-state index in [0.29, 0.717) is 30.8 Å². The highest BCUT2D eigenvalue weighted by atomic mass is 16.3. The molecule has 1 heterocycles. The van der Waals surface area contributed by atoms with Crippen molar-refractivity contribution in [3.63, 3.8) is 0 Å². The molecule has 0 saturated carbocycles. The highest BCUT2D eigenvalue weighted by Gasteiger charge is 2.17.